The van der Waals surface area contributed by atoms with Gasteiger partial charge < -0.3 is 15.0 Å². The molecule has 2 aliphatic heterocycles. The number of alkyl halides is 1. The SMILES string of the molecule is C[C@@]1(Br)CS[C@H]2C(NC(=O)COc3ccccc3)C(=O)N2C1. The molecule has 22 heavy (non-hydrogen) atoms. The number of halogens is 1. The van der Waals surface area contributed by atoms with E-state index in [1.807, 2.05) is 23.1 Å². The Morgan fingerprint density at radius 2 is 2.23 bits per heavy atom. The van der Waals surface area contributed by atoms with Crippen LogP contribution in [0.1, 0.15) is 6.92 Å². The van der Waals surface area contributed by atoms with E-state index in [0.717, 1.165) is 5.75 Å². The van der Waals surface area contributed by atoms with Crippen molar-refractivity contribution in [2.75, 3.05) is 18.9 Å². The lowest BCUT2D eigenvalue weighted by atomic mass is 10.0. The summed E-state index contributed by atoms with van der Waals surface area (Å²) in [5, 5.41) is 2.81. The van der Waals surface area contributed by atoms with Crippen LogP contribution in [0.3, 0.4) is 0 Å². The molecule has 1 aromatic carbocycles. The average Bonchev–Trinajstić information content (AvgIpc) is 2.51. The number of carbonyl (C=O) groups is 2. The summed E-state index contributed by atoms with van der Waals surface area (Å²) >= 11 is 5.31. The minimum atomic E-state index is -0.430. The zero-order valence-electron chi connectivity index (χ0n) is 12.1. The summed E-state index contributed by atoms with van der Waals surface area (Å²) in [4.78, 5) is 25.9. The maximum absolute atomic E-state index is 12.1. The Bertz CT molecular complexity index is 581. The minimum Gasteiger partial charge on any atom is -0.484 e. The summed E-state index contributed by atoms with van der Waals surface area (Å²) in [6.07, 6.45) is 0. The molecular formula is C15H17BrN2O3S. The molecule has 1 aromatic rings. The van der Waals surface area contributed by atoms with Gasteiger partial charge in [0.25, 0.3) is 5.91 Å². The highest BCUT2D eigenvalue weighted by Gasteiger charge is 2.53. The second kappa shape index (κ2) is 6.12. The molecule has 2 fully saturated rings. The Morgan fingerprint density at radius 3 is 2.95 bits per heavy atom. The minimum absolute atomic E-state index is 0.0177. The lowest BCUT2D eigenvalue weighted by molar-refractivity contribution is -0.149. The average molecular weight is 385 g/mol. The van der Waals surface area contributed by atoms with E-state index in [9.17, 15) is 9.59 Å². The molecule has 3 rings (SSSR count). The number of hydrogen-bond donors (Lipinski definition) is 1. The van der Waals surface area contributed by atoms with Gasteiger partial charge in [0.05, 0.1) is 0 Å². The van der Waals surface area contributed by atoms with Gasteiger partial charge in [0.2, 0.25) is 5.91 Å². The first kappa shape index (κ1) is 15.7. The van der Waals surface area contributed by atoms with E-state index < -0.39 is 6.04 Å². The zero-order valence-corrected chi connectivity index (χ0v) is 14.5. The van der Waals surface area contributed by atoms with Crippen molar-refractivity contribution >= 4 is 39.5 Å². The fourth-order valence-electron chi connectivity index (χ4n) is 2.55. The second-order valence-electron chi connectivity index (χ2n) is 5.73. The van der Waals surface area contributed by atoms with Crippen LogP contribution < -0.4 is 10.1 Å². The Morgan fingerprint density at radius 1 is 1.50 bits per heavy atom. The topological polar surface area (TPSA) is 58.6 Å². The van der Waals surface area contributed by atoms with Gasteiger partial charge in [-0.1, -0.05) is 34.1 Å². The van der Waals surface area contributed by atoms with Crippen LogP contribution >= 0.6 is 27.7 Å². The number of fused-ring (bicyclic) bond motifs is 1. The number of para-hydroxylation sites is 1. The number of rotatable bonds is 4. The van der Waals surface area contributed by atoms with Crippen LogP contribution in [0.2, 0.25) is 0 Å². The van der Waals surface area contributed by atoms with Crippen LogP contribution in [0.5, 0.6) is 5.75 Å². The third-order valence-electron chi connectivity index (χ3n) is 3.63. The number of hydrogen-bond acceptors (Lipinski definition) is 4. The summed E-state index contributed by atoms with van der Waals surface area (Å²) in [6, 6.07) is 8.72. The maximum Gasteiger partial charge on any atom is 0.258 e. The van der Waals surface area contributed by atoms with E-state index in [0.29, 0.717) is 12.3 Å². The van der Waals surface area contributed by atoms with Crippen molar-refractivity contribution in [1.82, 2.24) is 10.2 Å². The lowest BCUT2D eigenvalue weighted by Crippen LogP contribution is -2.73. The smallest absolute Gasteiger partial charge is 0.258 e. The number of β-lactam (4-membered cyclic amide) rings is 1. The number of carbonyl (C=O) groups excluding carboxylic acids is 2. The highest BCUT2D eigenvalue weighted by Crippen LogP contribution is 2.41. The number of benzene rings is 1. The van der Waals surface area contributed by atoms with Crippen LogP contribution in [-0.2, 0) is 9.59 Å². The number of amides is 2. The predicted molar refractivity (Wildman–Crippen MR) is 89.2 cm³/mol. The first-order valence-electron chi connectivity index (χ1n) is 7.04. The molecule has 0 bridgehead atoms. The van der Waals surface area contributed by atoms with Crippen molar-refractivity contribution in [2.24, 2.45) is 0 Å². The van der Waals surface area contributed by atoms with E-state index in [4.69, 9.17) is 4.74 Å². The maximum atomic E-state index is 12.1. The van der Waals surface area contributed by atoms with Crippen molar-refractivity contribution in [3.8, 4) is 5.75 Å². The van der Waals surface area contributed by atoms with Crippen molar-refractivity contribution < 1.29 is 14.3 Å². The Labute approximate surface area is 141 Å². The van der Waals surface area contributed by atoms with Crippen LogP contribution in [0.4, 0.5) is 0 Å². The number of thioether (sulfide) groups is 1. The van der Waals surface area contributed by atoms with Gasteiger partial charge in [-0.2, -0.15) is 0 Å². The van der Waals surface area contributed by atoms with Crippen molar-refractivity contribution in [3.63, 3.8) is 0 Å². The molecule has 0 aromatic heterocycles. The van der Waals surface area contributed by atoms with Crippen LogP contribution in [-0.4, -0.2) is 51.4 Å². The first-order valence-corrected chi connectivity index (χ1v) is 8.89. The molecule has 3 atom stereocenters. The van der Waals surface area contributed by atoms with Gasteiger partial charge in [-0.15, -0.1) is 11.8 Å². The van der Waals surface area contributed by atoms with Gasteiger partial charge in [0.1, 0.15) is 17.2 Å². The normalized spacial score (nSPS) is 30.3. The fourth-order valence-corrected chi connectivity index (χ4v) is 4.56. The van der Waals surface area contributed by atoms with Crippen LogP contribution in [0.15, 0.2) is 30.3 Å². The zero-order chi connectivity index (χ0) is 15.7. The van der Waals surface area contributed by atoms with Gasteiger partial charge >= 0.3 is 0 Å². The molecule has 0 aliphatic carbocycles. The predicted octanol–water partition coefficient (Wildman–Crippen LogP) is 1.62. The number of nitrogens with zero attached hydrogens (tertiary/aromatic N) is 1. The molecule has 1 N–H and O–H groups in total. The molecule has 1 unspecified atom stereocenters. The Balaban J connectivity index is 1.50. The third kappa shape index (κ3) is 3.25. The largest absolute Gasteiger partial charge is 0.484 e. The van der Waals surface area contributed by atoms with E-state index in [-0.39, 0.29) is 28.1 Å². The van der Waals surface area contributed by atoms with Gasteiger partial charge in [-0.3, -0.25) is 9.59 Å². The van der Waals surface area contributed by atoms with Crippen molar-refractivity contribution in [1.29, 1.82) is 0 Å². The molecule has 0 spiro atoms. The molecular weight excluding hydrogens is 368 g/mol. The number of nitrogens with one attached hydrogen (secondary N) is 1. The fraction of sp³-hybridized carbons (Fsp3) is 0.467. The van der Waals surface area contributed by atoms with E-state index in [2.05, 4.69) is 28.2 Å². The van der Waals surface area contributed by atoms with Gasteiger partial charge in [0, 0.05) is 16.6 Å². The van der Waals surface area contributed by atoms with Gasteiger partial charge in [0.15, 0.2) is 6.61 Å². The van der Waals surface area contributed by atoms with E-state index in [1.165, 1.54) is 0 Å². The van der Waals surface area contributed by atoms with Gasteiger partial charge in [-0.25, -0.2) is 0 Å². The quantitative estimate of drug-likeness (QED) is 0.632. The molecule has 7 heteroatoms. The molecule has 2 aliphatic rings. The molecule has 2 amide bonds. The standard InChI is InChI=1S/C15H17BrN2O3S/c1-15(16)8-18-13(20)12(14(18)22-9-15)17-11(19)7-21-10-5-3-2-4-6-10/h2-6,12,14H,7-9H2,1H3,(H,17,19)/t12?,14-,15-/m0/s1. The summed E-state index contributed by atoms with van der Waals surface area (Å²) in [5.41, 5.74) is 0. The molecule has 118 valence electrons. The third-order valence-corrected chi connectivity index (χ3v) is 6.20. The molecule has 0 saturated carbocycles. The molecule has 2 saturated heterocycles. The number of ether oxygens (including phenoxy) is 1. The molecule has 2 heterocycles. The van der Waals surface area contributed by atoms with Crippen LogP contribution in [0.25, 0.3) is 0 Å². The van der Waals surface area contributed by atoms with Crippen LogP contribution in [0, 0.1) is 0 Å². The Hall–Kier alpha value is -1.21. The lowest BCUT2D eigenvalue weighted by Gasteiger charge is -2.52. The second-order valence-corrected chi connectivity index (χ2v) is 8.75. The van der Waals surface area contributed by atoms with Gasteiger partial charge in [-0.05, 0) is 19.1 Å². The van der Waals surface area contributed by atoms with E-state index >= 15 is 0 Å². The summed E-state index contributed by atoms with van der Waals surface area (Å²) < 4.78 is 5.34. The highest BCUT2D eigenvalue weighted by molar-refractivity contribution is 9.10. The summed E-state index contributed by atoms with van der Waals surface area (Å²) in [7, 11) is 0. The van der Waals surface area contributed by atoms with Crippen molar-refractivity contribution in [3.05, 3.63) is 30.3 Å². The summed E-state index contributed by atoms with van der Waals surface area (Å²) in [5.74, 6) is 1.26. The highest BCUT2D eigenvalue weighted by atomic mass is 79.9. The Kier molecular flexibility index (Phi) is 4.36. The van der Waals surface area contributed by atoms with E-state index in [1.54, 1.807) is 23.9 Å². The molecule has 5 nitrogen and oxygen atoms in total. The summed E-state index contributed by atoms with van der Waals surface area (Å²) in [6.45, 7) is 2.67. The molecule has 0 radical (unpaired) electrons. The first-order chi connectivity index (χ1) is 10.5. The van der Waals surface area contributed by atoms with Crippen molar-refractivity contribution in [2.45, 2.75) is 22.7 Å². The monoisotopic (exact) mass is 384 g/mol.